The van der Waals surface area contributed by atoms with Gasteiger partial charge in [0.1, 0.15) is 6.33 Å². The number of ketones is 1. The molecule has 0 radical (unpaired) electrons. The fourth-order valence-electron chi connectivity index (χ4n) is 0.778. The molecule has 0 fully saturated rings. The van der Waals surface area contributed by atoms with Crippen molar-refractivity contribution >= 4 is 5.78 Å². The van der Waals surface area contributed by atoms with Crippen LogP contribution >= 0.6 is 0 Å². The van der Waals surface area contributed by atoms with E-state index in [0.717, 1.165) is 0 Å². The standard InChI is InChI=1S/C7H11N3O/c1-5(2)6(11)7-8-4-9-10(7)3/h4-5H,1-3H3. The molecule has 0 aliphatic carbocycles. The summed E-state index contributed by atoms with van der Waals surface area (Å²) in [4.78, 5) is 15.1. The Kier molecular flexibility index (Phi) is 2.03. The van der Waals surface area contributed by atoms with Gasteiger partial charge in [0.15, 0.2) is 5.82 Å². The van der Waals surface area contributed by atoms with Crippen LogP contribution < -0.4 is 0 Å². The van der Waals surface area contributed by atoms with Gasteiger partial charge in [-0.3, -0.25) is 4.79 Å². The molecule has 1 aromatic rings. The number of rotatable bonds is 2. The number of Topliss-reactive ketones (excluding diaryl/α,β-unsaturated/α-hetero) is 1. The van der Waals surface area contributed by atoms with Crippen molar-refractivity contribution in [1.82, 2.24) is 14.8 Å². The van der Waals surface area contributed by atoms with Crippen LogP contribution in [-0.2, 0) is 7.05 Å². The van der Waals surface area contributed by atoms with E-state index in [-0.39, 0.29) is 11.7 Å². The van der Waals surface area contributed by atoms with Gasteiger partial charge in [-0.25, -0.2) is 9.67 Å². The summed E-state index contributed by atoms with van der Waals surface area (Å²) in [6.07, 6.45) is 1.38. The van der Waals surface area contributed by atoms with Crippen LogP contribution in [0.2, 0.25) is 0 Å². The summed E-state index contributed by atoms with van der Waals surface area (Å²) in [7, 11) is 1.71. The summed E-state index contributed by atoms with van der Waals surface area (Å²) < 4.78 is 1.49. The quantitative estimate of drug-likeness (QED) is 0.586. The Morgan fingerprint density at radius 1 is 1.64 bits per heavy atom. The second-order valence-electron chi connectivity index (χ2n) is 2.73. The van der Waals surface area contributed by atoms with Crippen molar-refractivity contribution in [2.75, 3.05) is 0 Å². The highest BCUT2D eigenvalue weighted by atomic mass is 16.1. The highest BCUT2D eigenvalue weighted by Crippen LogP contribution is 2.02. The fraction of sp³-hybridized carbons (Fsp3) is 0.571. The van der Waals surface area contributed by atoms with Crippen LogP contribution in [0.4, 0.5) is 0 Å². The monoisotopic (exact) mass is 153 g/mol. The molecular weight excluding hydrogens is 142 g/mol. The van der Waals surface area contributed by atoms with Crippen molar-refractivity contribution in [3.05, 3.63) is 12.2 Å². The lowest BCUT2D eigenvalue weighted by molar-refractivity contribution is 0.0924. The maximum atomic E-state index is 11.3. The van der Waals surface area contributed by atoms with Gasteiger partial charge in [-0.2, -0.15) is 5.10 Å². The molecule has 4 heteroatoms. The second kappa shape index (κ2) is 2.82. The molecule has 0 saturated heterocycles. The number of carbonyl (C=O) groups is 1. The van der Waals surface area contributed by atoms with Crippen LogP contribution in [0.5, 0.6) is 0 Å². The molecule has 1 aromatic heterocycles. The first kappa shape index (κ1) is 7.91. The first-order valence-corrected chi connectivity index (χ1v) is 3.51. The summed E-state index contributed by atoms with van der Waals surface area (Å²) in [5.41, 5.74) is 0. The molecule has 0 spiro atoms. The highest BCUT2D eigenvalue weighted by Gasteiger charge is 2.14. The topological polar surface area (TPSA) is 47.8 Å². The van der Waals surface area contributed by atoms with Crippen LogP contribution in [0, 0.1) is 5.92 Å². The van der Waals surface area contributed by atoms with Crippen LogP contribution in [0.25, 0.3) is 0 Å². The lowest BCUT2D eigenvalue weighted by Gasteiger charge is -2.00. The lowest BCUT2D eigenvalue weighted by atomic mass is 10.1. The average molecular weight is 153 g/mol. The van der Waals surface area contributed by atoms with E-state index in [9.17, 15) is 4.79 Å². The van der Waals surface area contributed by atoms with Crippen molar-refractivity contribution in [3.63, 3.8) is 0 Å². The Bertz CT molecular complexity index is 264. The van der Waals surface area contributed by atoms with Gasteiger partial charge >= 0.3 is 0 Å². The van der Waals surface area contributed by atoms with Crippen molar-refractivity contribution in [3.8, 4) is 0 Å². The predicted octanol–water partition coefficient (Wildman–Crippen LogP) is 0.654. The molecule has 0 aliphatic rings. The maximum Gasteiger partial charge on any atom is 0.202 e. The SMILES string of the molecule is CC(C)C(=O)c1ncnn1C. The van der Waals surface area contributed by atoms with E-state index in [1.54, 1.807) is 7.05 Å². The van der Waals surface area contributed by atoms with Crippen molar-refractivity contribution in [1.29, 1.82) is 0 Å². The van der Waals surface area contributed by atoms with Gasteiger partial charge in [0, 0.05) is 13.0 Å². The van der Waals surface area contributed by atoms with E-state index < -0.39 is 0 Å². The molecule has 60 valence electrons. The first-order valence-electron chi connectivity index (χ1n) is 3.51. The van der Waals surface area contributed by atoms with Gasteiger partial charge in [-0.1, -0.05) is 13.8 Å². The summed E-state index contributed by atoms with van der Waals surface area (Å²) in [5.74, 6) is 0.447. The van der Waals surface area contributed by atoms with Crippen molar-refractivity contribution in [2.24, 2.45) is 13.0 Å². The molecule has 1 rings (SSSR count). The summed E-state index contributed by atoms with van der Waals surface area (Å²) >= 11 is 0. The average Bonchev–Trinajstić information content (AvgIpc) is 2.33. The molecule has 0 amide bonds. The maximum absolute atomic E-state index is 11.3. The molecule has 0 saturated carbocycles. The number of aryl methyl sites for hydroxylation is 1. The zero-order valence-corrected chi connectivity index (χ0v) is 6.90. The Morgan fingerprint density at radius 2 is 2.27 bits per heavy atom. The summed E-state index contributed by atoms with van der Waals surface area (Å²) in [5, 5.41) is 3.80. The van der Waals surface area contributed by atoms with Crippen molar-refractivity contribution < 1.29 is 4.79 Å². The van der Waals surface area contributed by atoms with Gasteiger partial charge in [0.05, 0.1) is 0 Å². The van der Waals surface area contributed by atoms with Crippen molar-refractivity contribution in [2.45, 2.75) is 13.8 Å². The number of aromatic nitrogens is 3. The second-order valence-corrected chi connectivity index (χ2v) is 2.73. The fourth-order valence-corrected chi connectivity index (χ4v) is 0.778. The molecular formula is C7H11N3O. The van der Waals surface area contributed by atoms with Gasteiger partial charge in [-0.15, -0.1) is 0 Å². The normalized spacial score (nSPS) is 10.5. The molecule has 1 heterocycles. The summed E-state index contributed by atoms with van der Waals surface area (Å²) in [6, 6.07) is 0. The van der Waals surface area contributed by atoms with E-state index in [4.69, 9.17) is 0 Å². The minimum absolute atomic E-state index is 0.0158. The van der Waals surface area contributed by atoms with Gasteiger partial charge in [-0.05, 0) is 0 Å². The van der Waals surface area contributed by atoms with Gasteiger partial charge < -0.3 is 0 Å². The summed E-state index contributed by atoms with van der Waals surface area (Å²) in [6.45, 7) is 3.69. The molecule has 11 heavy (non-hydrogen) atoms. The molecule has 0 atom stereocenters. The van der Waals surface area contributed by atoms with E-state index >= 15 is 0 Å². The molecule has 0 bridgehead atoms. The first-order chi connectivity index (χ1) is 5.13. The van der Waals surface area contributed by atoms with Crippen LogP contribution in [0.15, 0.2) is 6.33 Å². The predicted molar refractivity (Wildman–Crippen MR) is 40.2 cm³/mol. The molecule has 0 unspecified atom stereocenters. The molecule has 4 nitrogen and oxygen atoms in total. The molecule has 0 aliphatic heterocycles. The minimum Gasteiger partial charge on any atom is -0.290 e. The van der Waals surface area contributed by atoms with E-state index in [1.165, 1.54) is 11.0 Å². The zero-order chi connectivity index (χ0) is 8.43. The number of hydrogen-bond acceptors (Lipinski definition) is 3. The smallest absolute Gasteiger partial charge is 0.202 e. The Hall–Kier alpha value is -1.19. The molecule has 0 aromatic carbocycles. The Labute approximate surface area is 65.2 Å². The number of hydrogen-bond donors (Lipinski definition) is 0. The van der Waals surface area contributed by atoms with Crippen LogP contribution in [0.3, 0.4) is 0 Å². The Balaban J connectivity index is 2.93. The highest BCUT2D eigenvalue weighted by molar-refractivity contribution is 5.93. The van der Waals surface area contributed by atoms with Gasteiger partial charge in [0.2, 0.25) is 5.78 Å². The number of nitrogens with zero attached hydrogens (tertiary/aromatic N) is 3. The van der Waals surface area contributed by atoms with E-state index in [0.29, 0.717) is 5.82 Å². The minimum atomic E-state index is -0.0158. The number of carbonyl (C=O) groups excluding carboxylic acids is 1. The molecule has 0 N–H and O–H groups in total. The third kappa shape index (κ3) is 1.45. The third-order valence-electron chi connectivity index (χ3n) is 1.46. The largest absolute Gasteiger partial charge is 0.290 e. The third-order valence-corrected chi connectivity index (χ3v) is 1.46. The van der Waals surface area contributed by atoms with Gasteiger partial charge in [0.25, 0.3) is 0 Å². The lowest BCUT2D eigenvalue weighted by Crippen LogP contribution is -2.13. The zero-order valence-electron chi connectivity index (χ0n) is 6.90. The van der Waals surface area contributed by atoms with Crippen LogP contribution in [0.1, 0.15) is 24.5 Å². The van der Waals surface area contributed by atoms with Crippen LogP contribution in [-0.4, -0.2) is 20.5 Å². The van der Waals surface area contributed by atoms with E-state index in [2.05, 4.69) is 10.1 Å². The Morgan fingerprint density at radius 3 is 2.64 bits per heavy atom. The van der Waals surface area contributed by atoms with E-state index in [1.807, 2.05) is 13.8 Å².